The second kappa shape index (κ2) is 9.75. The van der Waals surface area contributed by atoms with Crippen LogP contribution < -0.4 is 15.0 Å². The molecule has 150 valence electrons. The molecule has 0 aromatic heterocycles. The molecule has 1 aliphatic heterocycles. The molecule has 5 nitrogen and oxygen atoms in total. The average molecular weight is 407 g/mol. The topological polar surface area (TPSA) is 44.8 Å². The highest BCUT2D eigenvalue weighted by atomic mass is 32.2. The highest BCUT2D eigenvalue weighted by Gasteiger charge is 2.21. The second-order valence-corrected chi connectivity index (χ2v) is 7.45. The first-order valence-corrected chi connectivity index (χ1v) is 9.88. The Labute approximate surface area is 167 Å². The number of nitrogens with one attached hydrogen (secondary N) is 1. The van der Waals surface area contributed by atoms with Crippen molar-refractivity contribution in [1.29, 1.82) is 0 Å². The Morgan fingerprint density at radius 3 is 2.43 bits per heavy atom. The number of carbonyl (C=O) groups excluding carboxylic acids is 1. The molecule has 1 saturated heterocycles. The number of rotatable bonds is 7. The van der Waals surface area contributed by atoms with Crippen molar-refractivity contribution in [3.63, 3.8) is 0 Å². The van der Waals surface area contributed by atoms with Crippen LogP contribution in [0.25, 0.3) is 0 Å². The van der Waals surface area contributed by atoms with E-state index in [1.54, 1.807) is 31.4 Å². The summed E-state index contributed by atoms with van der Waals surface area (Å²) in [5, 5.41) is 2.82. The number of carbonyl (C=O) groups is 1. The molecule has 1 heterocycles. The van der Waals surface area contributed by atoms with E-state index in [0.29, 0.717) is 28.9 Å². The minimum atomic E-state index is -2.45. The highest BCUT2D eigenvalue weighted by molar-refractivity contribution is 7.99. The van der Waals surface area contributed by atoms with Crippen molar-refractivity contribution in [2.75, 3.05) is 50.1 Å². The van der Waals surface area contributed by atoms with Crippen molar-refractivity contribution in [2.24, 2.45) is 0 Å². The number of ether oxygens (including phenoxy) is 1. The first-order chi connectivity index (χ1) is 13.5. The first kappa shape index (κ1) is 20.4. The van der Waals surface area contributed by atoms with Gasteiger partial charge in [0.1, 0.15) is 5.75 Å². The number of hydrogen-bond acceptors (Lipinski definition) is 5. The SMILES string of the molecule is COc1ccccc1N1CCN(CC(=O)Nc2ccc(SC(F)F)cc2)CC1. The molecule has 1 fully saturated rings. The Balaban J connectivity index is 1.47. The van der Waals surface area contributed by atoms with Crippen molar-refractivity contribution in [3.8, 4) is 5.75 Å². The number of hydrogen-bond donors (Lipinski definition) is 1. The quantitative estimate of drug-likeness (QED) is 0.708. The van der Waals surface area contributed by atoms with E-state index in [1.165, 1.54) is 0 Å². The van der Waals surface area contributed by atoms with Gasteiger partial charge in [0.2, 0.25) is 5.91 Å². The molecule has 0 saturated carbocycles. The molecule has 2 aromatic rings. The van der Waals surface area contributed by atoms with Gasteiger partial charge in [-0.05, 0) is 36.4 Å². The fourth-order valence-electron chi connectivity index (χ4n) is 3.16. The number of anilines is 2. The molecule has 0 unspecified atom stereocenters. The van der Waals surface area contributed by atoms with Crippen molar-refractivity contribution in [3.05, 3.63) is 48.5 Å². The summed E-state index contributed by atoms with van der Waals surface area (Å²) < 4.78 is 30.1. The molecule has 1 aliphatic rings. The molecule has 0 atom stereocenters. The lowest BCUT2D eigenvalue weighted by Gasteiger charge is -2.36. The third kappa shape index (κ3) is 5.59. The summed E-state index contributed by atoms with van der Waals surface area (Å²) in [6, 6.07) is 14.4. The standard InChI is InChI=1S/C20H23F2N3O2S/c1-27-18-5-3-2-4-17(18)25-12-10-24(11-13-25)14-19(26)23-15-6-8-16(9-7-15)28-20(21)22/h2-9,20H,10-14H2,1H3,(H,23,26). The number of methoxy groups -OCH3 is 1. The minimum Gasteiger partial charge on any atom is -0.495 e. The van der Waals surface area contributed by atoms with Crippen LogP contribution in [-0.4, -0.2) is 56.4 Å². The average Bonchev–Trinajstić information content (AvgIpc) is 2.69. The van der Waals surface area contributed by atoms with Crippen molar-refractivity contribution in [2.45, 2.75) is 10.7 Å². The summed E-state index contributed by atoms with van der Waals surface area (Å²) in [6.45, 7) is 3.47. The fourth-order valence-corrected chi connectivity index (χ4v) is 3.66. The molecule has 1 amide bonds. The molecular formula is C20H23F2N3O2S. The lowest BCUT2D eigenvalue weighted by atomic mass is 10.2. The van der Waals surface area contributed by atoms with Gasteiger partial charge < -0.3 is 15.0 Å². The van der Waals surface area contributed by atoms with Gasteiger partial charge in [-0.2, -0.15) is 8.78 Å². The normalized spacial score (nSPS) is 14.9. The van der Waals surface area contributed by atoms with E-state index >= 15 is 0 Å². The summed E-state index contributed by atoms with van der Waals surface area (Å²) in [6.07, 6.45) is 0. The Kier molecular flexibility index (Phi) is 7.11. The van der Waals surface area contributed by atoms with Crippen LogP contribution in [0.5, 0.6) is 5.75 Å². The maximum absolute atomic E-state index is 12.3. The predicted molar refractivity (Wildman–Crippen MR) is 109 cm³/mol. The maximum atomic E-state index is 12.3. The van der Waals surface area contributed by atoms with Crippen molar-refractivity contribution >= 4 is 29.0 Å². The smallest absolute Gasteiger partial charge is 0.288 e. The number of nitrogens with zero attached hydrogens (tertiary/aromatic N) is 2. The number of piperazine rings is 1. The van der Waals surface area contributed by atoms with Gasteiger partial charge in [0.15, 0.2) is 0 Å². The van der Waals surface area contributed by atoms with Crippen LogP contribution in [0.1, 0.15) is 0 Å². The van der Waals surface area contributed by atoms with Crippen LogP contribution >= 0.6 is 11.8 Å². The highest BCUT2D eigenvalue weighted by Crippen LogP contribution is 2.28. The van der Waals surface area contributed by atoms with Crippen LogP contribution in [0.2, 0.25) is 0 Å². The first-order valence-electron chi connectivity index (χ1n) is 9.00. The molecule has 0 bridgehead atoms. The molecule has 0 radical (unpaired) electrons. The zero-order valence-corrected chi connectivity index (χ0v) is 16.4. The molecule has 1 N–H and O–H groups in total. The fraction of sp³-hybridized carbons (Fsp3) is 0.350. The Hall–Kier alpha value is -2.32. The maximum Gasteiger partial charge on any atom is 0.288 e. The summed E-state index contributed by atoms with van der Waals surface area (Å²) in [5.41, 5.74) is 1.67. The lowest BCUT2D eigenvalue weighted by Crippen LogP contribution is -2.48. The van der Waals surface area contributed by atoms with E-state index in [2.05, 4.69) is 15.1 Å². The van der Waals surface area contributed by atoms with E-state index in [0.717, 1.165) is 37.6 Å². The third-order valence-corrected chi connectivity index (χ3v) is 5.25. The molecule has 8 heteroatoms. The Morgan fingerprint density at radius 2 is 1.79 bits per heavy atom. The van der Waals surface area contributed by atoms with E-state index in [-0.39, 0.29) is 5.91 Å². The van der Waals surface area contributed by atoms with Gasteiger partial charge >= 0.3 is 0 Å². The van der Waals surface area contributed by atoms with E-state index in [1.807, 2.05) is 24.3 Å². The summed E-state index contributed by atoms with van der Waals surface area (Å²) >= 11 is 0.488. The van der Waals surface area contributed by atoms with Gasteiger partial charge in [-0.25, -0.2) is 0 Å². The van der Waals surface area contributed by atoms with Gasteiger partial charge in [0, 0.05) is 36.8 Å². The number of halogens is 2. The number of para-hydroxylation sites is 2. The van der Waals surface area contributed by atoms with E-state index < -0.39 is 5.76 Å². The van der Waals surface area contributed by atoms with Gasteiger partial charge in [0.05, 0.1) is 19.3 Å². The predicted octanol–water partition coefficient (Wildman–Crippen LogP) is 3.77. The number of alkyl halides is 2. The lowest BCUT2D eigenvalue weighted by molar-refractivity contribution is -0.117. The summed E-state index contributed by atoms with van der Waals surface area (Å²) in [4.78, 5) is 17.1. The number of thioether (sulfide) groups is 1. The number of benzene rings is 2. The Morgan fingerprint density at radius 1 is 1.11 bits per heavy atom. The van der Waals surface area contributed by atoms with Crippen molar-refractivity contribution < 1.29 is 18.3 Å². The van der Waals surface area contributed by atoms with Gasteiger partial charge in [-0.3, -0.25) is 9.69 Å². The molecule has 0 spiro atoms. The third-order valence-electron chi connectivity index (χ3n) is 4.53. The van der Waals surface area contributed by atoms with Gasteiger partial charge in [-0.15, -0.1) is 0 Å². The zero-order valence-electron chi connectivity index (χ0n) is 15.6. The van der Waals surface area contributed by atoms with E-state index in [4.69, 9.17) is 4.74 Å². The van der Waals surface area contributed by atoms with Crippen LogP contribution in [0.4, 0.5) is 20.2 Å². The zero-order chi connectivity index (χ0) is 19.9. The van der Waals surface area contributed by atoms with Gasteiger partial charge in [0.25, 0.3) is 5.76 Å². The van der Waals surface area contributed by atoms with Gasteiger partial charge in [-0.1, -0.05) is 23.9 Å². The molecular weight excluding hydrogens is 384 g/mol. The molecule has 3 rings (SSSR count). The summed E-state index contributed by atoms with van der Waals surface area (Å²) in [5.74, 6) is -1.71. The molecule has 0 aliphatic carbocycles. The minimum absolute atomic E-state index is 0.111. The largest absolute Gasteiger partial charge is 0.495 e. The van der Waals surface area contributed by atoms with Crippen LogP contribution in [0.3, 0.4) is 0 Å². The second-order valence-electron chi connectivity index (χ2n) is 6.39. The monoisotopic (exact) mass is 407 g/mol. The van der Waals surface area contributed by atoms with Crippen LogP contribution in [0.15, 0.2) is 53.4 Å². The van der Waals surface area contributed by atoms with E-state index in [9.17, 15) is 13.6 Å². The van der Waals surface area contributed by atoms with Crippen molar-refractivity contribution in [1.82, 2.24) is 4.90 Å². The molecule has 28 heavy (non-hydrogen) atoms. The Bertz CT molecular complexity index is 781. The molecule has 2 aromatic carbocycles. The summed E-state index contributed by atoms with van der Waals surface area (Å²) in [7, 11) is 1.66. The van der Waals surface area contributed by atoms with Crippen LogP contribution in [-0.2, 0) is 4.79 Å². The van der Waals surface area contributed by atoms with Crippen LogP contribution in [0, 0.1) is 0 Å². The number of amides is 1.